The molecule has 1 fully saturated rings. The molecule has 1 amide bonds. The molecule has 0 bridgehead atoms. The van der Waals surface area contributed by atoms with Gasteiger partial charge in [-0.25, -0.2) is 9.97 Å². The normalized spacial score (nSPS) is 18.6. The Morgan fingerprint density at radius 2 is 2.30 bits per heavy atom. The quantitative estimate of drug-likeness (QED) is 0.553. The zero-order valence-corrected chi connectivity index (χ0v) is 11.1. The van der Waals surface area contributed by atoms with Crippen molar-refractivity contribution in [3.05, 3.63) is 22.5 Å². The molecule has 0 aromatic carbocycles. The van der Waals surface area contributed by atoms with Crippen LogP contribution in [0.3, 0.4) is 0 Å². The van der Waals surface area contributed by atoms with Gasteiger partial charge in [-0.3, -0.25) is 14.9 Å². The molecule has 0 aliphatic carbocycles. The molecule has 2 N–H and O–H groups in total. The van der Waals surface area contributed by atoms with Crippen LogP contribution in [0.4, 0.5) is 11.6 Å². The number of anilines is 1. The number of carbonyl (C=O) groups is 1. The minimum Gasteiger partial charge on any atom is -0.355 e. The highest BCUT2D eigenvalue weighted by atomic mass is 16.6. The van der Waals surface area contributed by atoms with Crippen molar-refractivity contribution in [2.75, 3.05) is 31.1 Å². The van der Waals surface area contributed by atoms with Gasteiger partial charge in [0.15, 0.2) is 0 Å². The number of amides is 1. The first kappa shape index (κ1) is 14.1. The highest BCUT2D eigenvalue weighted by Gasteiger charge is 2.30. The third kappa shape index (κ3) is 2.99. The van der Waals surface area contributed by atoms with Gasteiger partial charge in [0.1, 0.15) is 18.4 Å². The Balaban J connectivity index is 2.18. The molecule has 0 spiro atoms. The highest BCUT2D eigenvalue weighted by Crippen LogP contribution is 2.15. The lowest BCUT2D eigenvalue weighted by molar-refractivity contribution is -0.385. The number of aromatic nitrogens is 2. The van der Waals surface area contributed by atoms with E-state index in [-0.39, 0.29) is 11.6 Å². The first-order valence-electron chi connectivity index (χ1n) is 6.35. The molecule has 1 unspecified atom stereocenters. The summed E-state index contributed by atoms with van der Waals surface area (Å²) in [7, 11) is 0. The number of piperazine rings is 1. The van der Waals surface area contributed by atoms with E-state index in [9.17, 15) is 14.9 Å². The molecule has 1 aromatic heterocycles. The van der Waals surface area contributed by atoms with Crippen LogP contribution in [0.15, 0.2) is 12.4 Å². The molecule has 1 atom stereocenters. The second-order valence-corrected chi connectivity index (χ2v) is 4.31. The van der Waals surface area contributed by atoms with Crippen molar-refractivity contribution in [3.63, 3.8) is 0 Å². The van der Waals surface area contributed by atoms with Crippen LogP contribution in [0.2, 0.25) is 0 Å². The van der Waals surface area contributed by atoms with Crippen molar-refractivity contribution in [3.8, 4) is 0 Å². The van der Waals surface area contributed by atoms with E-state index in [0.29, 0.717) is 32.1 Å². The number of nitrogens with one attached hydrogen (secondary N) is 2. The number of hydrogen-bond acceptors (Lipinski definition) is 7. The van der Waals surface area contributed by atoms with Crippen molar-refractivity contribution in [2.24, 2.45) is 0 Å². The Bertz CT molecular complexity index is 491. The third-order valence-corrected chi connectivity index (χ3v) is 2.99. The van der Waals surface area contributed by atoms with Crippen molar-refractivity contribution >= 4 is 17.5 Å². The van der Waals surface area contributed by atoms with Crippen LogP contribution in [0.5, 0.6) is 0 Å². The summed E-state index contributed by atoms with van der Waals surface area (Å²) in [4.78, 5) is 31.8. The van der Waals surface area contributed by atoms with Crippen LogP contribution >= 0.6 is 0 Å². The SMILES string of the molecule is CCNC(=O)C1CNCCN1c1ncc([N+](=O)[O-])cn1. The Morgan fingerprint density at radius 3 is 2.90 bits per heavy atom. The van der Waals surface area contributed by atoms with Gasteiger partial charge >= 0.3 is 5.69 Å². The first-order chi connectivity index (χ1) is 9.63. The Morgan fingerprint density at radius 1 is 1.60 bits per heavy atom. The van der Waals surface area contributed by atoms with Crippen molar-refractivity contribution in [1.29, 1.82) is 0 Å². The molecule has 0 saturated carbocycles. The fourth-order valence-electron chi connectivity index (χ4n) is 2.03. The van der Waals surface area contributed by atoms with E-state index in [1.807, 2.05) is 6.92 Å². The molecular formula is C11H16N6O3. The van der Waals surface area contributed by atoms with E-state index in [0.717, 1.165) is 12.4 Å². The summed E-state index contributed by atoms with van der Waals surface area (Å²) in [5, 5.41) is 16.5. The molecule has 1 aromatic rings. The van der Waals surface area contributed by atoms with Crippen molar-refractivity contribution in [2.45, 2.75) is 13.0 Å². The molecule has 1 aliphatic heterocycles. The van der Waals surface area contributed by atoms with Gasteiger partial charge in [-0.2, -0.15) is 0 Å². The molecule has 9 nitrogen and oxygen atoms in total. The number of likely N-dealkylation sites (N-methyl/N-ethyl adjacent to an activating group) is 1. The van der Waals surface area contributed by atoms with Gasteiger partial charge in [0.25, 0.3) is 0 Å². The summed E-state index contributed by atoms with van der Waals surface area (Å²) in [6, 6.07) is -0.412. The lowest BCUT2D eigenvalue weighted by Crippen LogP contribution is -2.58. The number of rotatable bonds is 4. The van der Waals surface area contributed by atoms with E-state index in [1.165, 1.54) is 0 Å². The molecule has 20 heavy (non-hydrogen) atoms. The fourth-order valence-corrected chi connectivity index (χ4v) is 2.03. The van der Waals surface area contributed by atoms with E-state index in [2.05, 4.69) is 20.6 Å². The maximum Gasteiger partial charge on any atom is 0.305 e. The maximum atomic E-state index is 12.0. The van der Waals surface area contributed by atoms with Crippen LogP contribution in [-0.2, 0) is 4.79 Å². The second-order valence-electron chi connectivity index (χ2n) is 4.31. The molecule has 0 radical (unpaired) electrons. The van der Waals surface area contributed by atoms with Crippen LogP contribution < -0.4 is 15.5 Å². The monoisotopic (exact) mass is 280 g/mol. The second kappa shape index (κ2) is 6.24. The van der Waals surface area contributed by atoms with Crippen molar-refractivity contribution in [1.82, 2.24) is 20.6 Å². The average molecular weight is 280 g/mol. The van der Waals surface area contributed by atoms with Crippen LogP contribution in [0.1, 0.15) is 6.92 Å². The molecule has 1 aliphatic rings. The number of nitrogens with zero attached hydrogens (tertiary/aromatic N) is 4. The Hall–Kier alpha value is -2.29. The van der Waals surface area contributed by atoms with E-state index < -0.39 is 11.0 Å². The lowest BCUT2D eigenvalue weighted by Gasteiger charge is -2.34. The van der Waals surface area contributed by atoms with E-state index >= 15 is 0 Å². The Kier molecular flexibility index (Phi) is 4.41. The van der Waals surface area contributed by atoms with E-state index in [4.69, 9.17) is 0 Å². The Labute approximate surface area is 115 Å². The van der Waals surface area contributed by atoms with Crippen molar-refractivity contribution < 1.29 is 9.72 Å². The topological polar surface area (TPSA) is 113 Å². The molecule has 1 saturated heterocycles. The molecule has 108 valence electrons. The lowest BCUT2D eigenvalue weighted by atomic mass is 10.2. The van der Waals surface area contributed by atoms with Gasteiger partial charge in [-0.15, -0.1) is 0 Å². The molecule has 2 rings (SSSR count). The molecular weight excluding hydrogens is 264 g/mol. The van der Waals surface area contributed by atoms with Gasteiger partial charge < -0.3 is 15.5 Å². The predicted octanol–water partition coefficient (Wildman–Crippen LogP) is -0.701. The smallest absolute Gasteiger partial charge is 0.305 e. The van der Waals surface area contributed by atoms with Crippen LogP contribution in [0.25, 0.3) is 0 Å². The summed E-state index contributed by atoms with van der Waals surface area (Å²) in [6.45, 7) is 4.16. The van der Waals surface area contributed by atoms with E-state index in [1.54, 1.807) is 4.90 Å². The number of carbonyl (C=O) groups excluding carboxylic acids is 1. The van der Waals surface area contributed by atoms with Crippen LogP contribution in [0, 0.1) is 10.1 Å². The zero-order valence-electron chi connectivity index (χ0n) is 11.1. The van der Waals surface area contributed by atoms with Gasteiger partial charge in [0.05, 0.1) is 4.92 Å². The summed E-state index contributed by atoms with van der Waals surface area (Å²) < 4.78 is 0. The number of hydrogen-bond donors (Lipinski definition) is 2. The van der Waals surface area contributed by atoms with Gasteiger partial charge in [-0.05, 0) is 6.92 Å². The zero-order chi connectivity index (χ0) is 14.5. The maximum absolute atomic E-state index is 12.0. The molecule has 2 heterocycles. The van der Waals surface area contributed by atoms with Gasteiger partial charge in [-0.1, -0.05) is 0 Å². The number of nitro groups is 1. The largest absolute Gasteiger partial charge is 0.355 e. The van der Waals surface area contributed by atoms with Gasteiger partial charge in [0.2, 0.25) is 11.9 Å². The summed E-state index contributed by atoms with van der Waals surface area (Å²) in [5.74, 6) is 0.218. The summed E-state index contributed by atoms with van der Waals surface area (Å²) in [5.41, 5.74) is -0.168. The minimum absolute atomic E-state index is 0.110. The minimum atomic E-state index is -0.553. The average Bonchev–Trinajstić information content (AvgIpc) is 2.47. The summed E-state index contributed by atoms with van der Waals surface area (Å²) >= 11 is 0. The highest BCUT2D eigenvalue weighted by molar-refractivity contribution is 5.85. The first-order valence-corrected chi connectivity index (χ1v) is 6.35. The predicted molar refractivity (Wildman–Crippen MR) is 71.4 cm³/mol. The summed E-state index contributed by atoms with van der Waals surface area (Å²) in [6.07, 6.45) is 2.30. The fraction of sp³-hybridized carbons (Fsp3) is 0.545. The standard InChI is InChI=1S/C11H16N6O3/c1-2-13-10(18)9-7-12-3-4-16(9)11-14-5-8(6-15-11)17(19)20/h5-6,9,12H,2-4,7H2,1H3,(H,13,18). The van der Waals surface area contributed by atoms with Gasteiger partial charge in [0, 0.05) is 26.2 Å². The molecule has 9 heteroatoms. The third-order valence-electron chi connectivity index (χ3n) is 2.99. The van der Waals surface area contributed by atoms with Crippen LogP contribution in [-0.4, -0.2) is 53.0 Å².